The lowest BCUT2D eigenvalue weighted by atomic mass is 9.79. The number of allylic oxidation sites excluding steroid dienone is 2. The van der Waals surface area contributed by atoms with Crippen LogP contribution in [-0.2, 0) is 24.3 Å². The van der Waals surface area contributed by atoms with E-state index in [0.29, 0.717) is 25.7 Å². The second kappa shape index (κ2) is 8.54. The molecule has 1 radical (unpaired) electrons. The lowest BCUT2D eigenvalue weighted by Gasteiger charge is -2.51. The van der Waals surface area contributed by atoms with Crippen molar-refractivity contribution in [3.63, 3.8) is 0 Å². The number of carbonyl (C=O) groups excluding carboxylic acids is 2. The van der Waals surface area contributed by atoms with Crippen LogP contribution in [0.1, 0.15) is 87.5 Å². The molecule has 8 heteroatoms. The number of ether oxygens (including phenoxy) is 2. The van der Waals surface area contributed by atoms with Gasteiger partial charge in [0.05, 0.1) is 11.8 Å². The highest BCUT2D eigenvalue weighted by Gasteiger charge is 2.55. The van der Waals surface area contributed by atoms with Gasteiger partial charge in [-0.3, -0.25) is 9.59 Å². The van der Waals surface area contributed by atoms with Gasteiger partial charge in [0, 0.05) is 47.8 Å². The van der Waals surface area contributed by atoms with Crippen LogP contribution in [-0.4, -0.2) is 61.6 Å². The first kappa shape index (κ1) is 26.6. The summed E-state index contributed by atoms with van der Waals surface area (Å²) in [6.45, 7) is 15.3. The highest BCUT2D eigenvalue weighted by Crippen LogP contribution is 2.50. The van der Waals surface area contributed by atoms with E-state index in [4.69, 9.17) is 9.47 Å². The summed E-state index contributed by atoms with van der Waals surface area (Å²) < 4.78 is 12.0. The molecule has 2 aliphatic heterocycles. The lowest BCUT2D eigenvalue weighted by Crippen LogP contribution is -2.61. The number of hydrogen-bond acceptors (Lipinski definition) is 7. The molecule has 197 valence electrons. The Balaban J connectivity index is 1.47. The van der Waals surface area contributed by atoms with E-state index in [1.807, 2.05) is 67.5 Å². The molecule has 2 bridgehead atoms. The number of hydrogen-bond donors (Lipinski definition) is 1. The number of esters is 2. The first-order valence-corrected chi connectivity index (χ1v) is 13.0. The highest BCUT2D eigenvalue weighted by atomic mass is 16.6. The maximum absolute atomic E-state index is 13.5. The van der Waals surface area contributed by atoms with E-state index in [0.717, 1.165) is 11.5 Å². The molecule has 0 aromatic carbocycles. The first-order valence-electron chi connectivity index (χ1n) is 13.0. The molecule has 0 spiro atoms. The molecular formula is C27H43N2O6. The van der Waals surface area contributed by atoms with Crippen molar-refractivity contribution in [3.8, 4) is 0 Å². The van der Waals surface area contributed by atoms with Crippen molar-refractivity contribution in [2.45, 2.75) is 122 Å². The Hall–Kier alpha value is -1.48. The average Bonchev–Trinajstić information content (AvgIpc) is 3.31. The third-order valence-electron chi connectivity index (χ3n) is 8.72. The fraction of sp³-hybridized carbons (Fsp3) is 0.852. The van der Waals surface area contributed by atoms with E-state index < -0.39 is 34.0 Å². The molecule has 0 aromatic heterocycles. The molecule has 4 atom stereocenters. The molecule has 2 heterocycles. The number of fused-ring (bicyclic) bond motifs is 2. The van der Waals surface area contributed by atoms with Gasteiger partial charge in [0.1, 0.15) is 12.2 Å². The predicted octanol–water partition coefficient (Wildman–Crippen LogP) is 4.29. The summed E-state index contributed by atoms with van der Waals surface area (Å²) in [6, 6.07) is 0. The molecule has 2 aliphatic carbocycles. The molecule has 4 aliphatic rings. The zero-order valence-electron chi connectivity index (χ0n) is 22.5. The van der Waals surface area contributed by atoms with Crippen molar-refractivity contribution in [1.29, 1.82) is 0 Å². The average molecular weight is 492 g/mol. The maximum atomic E-state index is 13.5. The summed E-state index contributed by atoms with van der Waals surface area (Å²) in [5, 5.41) is 25.7. The number of hydroxylamine groups is 4. The van der Waals surface area contributed by atoms with E-state index >= 15 is 0 Å². The van der Waals surface area contributed by atoms with Crippen LogP contribution in [0.15, 0.2) is 12.2 Å². The minimum atomic E-state index is -0.638. The number of piperidine rings is 2. The van der Waals surface area contributed by atoms with E-state index in [2.05, 4.69) is 0 Å². The summed E-state index contributed by atoms with van der Waals surface area (Å²) in [5.41, 5.74) is -2.34. The van der Waals surface area contributed by atoms with Gasteiger partial charge in [-0.15, -0.1) is 10.3 Å². The van der Waals surface area contributed by atoms with Crippen LogP contribution in [0.5, 0.6) is 0 Å². The van der Waals surface area contributed by atoms with E-state index in [-0.39, 0.29) is 36.0 Å². The Kier molecular flexibility index (Phi) is 6.48. The first-order chi connectivity index (χ1) is 15.9. The third kappa shape index (κ3) is 4.79. The lowest BCUT2D eigenvalue weighted by molar-refractivity contribution is -0.299. The largest absolute Gasteiger partial charge is 0.462 e. The molecule has 0 aromatic rings. The molecule has 0 amide bonds. The molecule has 1 saturated carbocycles. The SMILES string of the molecule is CC1(C)CC(OC(=O)C2C3C=CC(C3)C2C(=O)OC2CC(C)(C)N(O)C(C)(C)C2)CC(C)(C)N1[O]. The Morgan fingerprint density at radius 1 is 0.714 bits per heavy atom. The van der Waals surface area contributed by atoms with Crippen LogP contribution in [0.2, 0.25) is 0 Å². The molecule has 4 rings (SSSR count). The van der Waals surface area contributed by atoms with Crippen molar-refractivity contribution in [3.05, 3.63) is 12.2 Å². The second-order valence-electron chi connectivity index (χ2n) is 13.8. The molecule has 8 nitrogen and oxygen atoms in total. The third-order valence-corrected chi connectivity index (χ3v) is 8.72. The topological polar surface area (TPSA) is 99.2 Å². The van der Waals surface area contributed by atoms with Gasteiger partial charge in [-0.05, 0) is 73.6 Å². The van der Waals surface area contributed by atoms with Crippen molar-refractivity contribution in [2.24, 2.45) is 23.7 Å². The zero-order chi connectivity index (χ0) is 26.1. The van der Waals surface area contributed by atoms with Gasteiger partial charge in [-0.2, -0.15) is 5.06 Å². The fourth-order valence-corrected chi connectivity index (χ4v) is 7.47. The van der Waals surface area contributed by atoms with Gasteiger partial charge >= 0.3 is 11.9 Å². The molecule has 3 fully saturated rings. The standard InChI is InChI=1S/C27H43N2O6/c1-24(2)12-18(13-25(3,4)28(24)32)34-22(30)20-16-9-10-17(11-16)21(20)23(31)35-19-14-26(5,6)29(33)27(7,8)15-19/h9-10,16-21,32H,11-15H2,1-8H3. The van der Waals surface area contributed by atoms with Gasteiger partial charge in [0.25, 0.3) is 0 Å². The minimum absolute atomic E-state index is 0.0274. The quantitative estimate of drug-likeness (QED) is 0.463. The maximum Gasteiger partial charge on any atom is 0.310 e. The van der Waals surface area contributed by atoms with Gasteiger partial charge < -0.3 is 14.7 Å². The Morgan fingerprint density at radius 2 is 1.06 bits per heavy atom. The summed E-state index contributed by atoms with van der Waals surface area (Å²) in [5.74, 6) is -1.88. The van der Waals surface area contributed by atoms with Crippen LogP contribution >= 0.6 is 0 Å². The van der Waals surface area contributed by atoms with Gasteiger partial charge in [0.2, 0.25) is 0 Å². The van der Waals surface area contributed by atoms with Crippen LogP contribution in [0.3, 0.4) is 0 Å². The van der Waals surface area contributed by atoms with Crippen molar-refractivity contribution in [2.75, 3.05) is 0 Å². The van der Waals surface area contributed by atoms with Crippen molar-refractivity contribution >= 4 is 11.9 Å². The van der Waals surface area contributed by atoms with Crippen LogP contribution in [0.25, 0.3) is 0 Å². The zero-order valence-corrected chi connectivity index (χ0v) is 22.5. The van der Waals surface area contributed by atoms with Crippen LogP contribution in [0, 0.1) is 23.7 Å². The Bertz CT molecular complexity index is 788. The van der Waals surface area contributed by atoms with E-state index in [1.165, 1.54) is 5.06 Å². The van der Waals surface area contributed by atoms with Crippen LogP contribution in [0.4, 0.5) is 0 Å². The van der Waals surface area contributed by atoms with Gasteiger partial charge in [-0.1, -0.05) is 12.2 Å². The van der Waals surface area contributed by atoms with Crippen LogP contribution < -0.4 is 0 Å². The summed E-state index contributed by atoms with van der Waals surface area (Å²) in [6.07, 6.45) is 6.07. The molecule has 35 heavy (non-hydrogen) atoms. The molecule has 2 saturated heterocycles. The number of rotatable bonds is 4. The van der Waals surface area contributed by atoms with Crippen molar-refractivity contribution in [1.82, 2.24) is 10.1 Å². The predicted molar refractivity (Wildman–Crippen MR) is 128 cm³/mol. The molecule has 4 unspecified atom stereocenters. The minimum Gasteiger partial charge on any atom is -0.462 e. The van der Waals surface area contributed by atoms with Gasteiger partial charge in [-0.25, -0.2) is 0 Å². The molecular weight excluding hydrogens is 448 g/mol. The summed E-state index contributed by atoms with van der Waals surface area (Å²) in [7, 11) is 0. The van der Waals surface area contributed by atoms with E-state index in [9.17, 15) is 20.0 Å². The highest BCUT2D eigenvalue weighted by molar-refractivity contribution is 5.84. The summed E-state index contributed by atoms with van der Waals surface area (Å²) >= 11 is 0. The van der Waals surface area contributed by atoms with Crippen molar-refractivity contribution < 1.29 is 29.5 Å². The molecule has 1 N–H and O–H groups in total. The normalized spacial score (nSPS) is 36.3. The Morgan fingerprint density at radius 3 is 1.43 bits per heavy atom. The number of carbonyl (C=O) groups is 2. The fourth-order valence-electron chi connectivity index (χ4n) is 7.47. The monoisotopic (exact) mass is 491 g/mol. The van der Waals surface area contributed by atoms with E-state index in [1.54, 1.807) is 0 Å². The van der Waals surface area contributed by atoms with Gasteiger partial charge in [0.15, 0.2) is 0 Å². The second-order valence-corrected chi connectivity index (χ2v) is 13.8. The number of nitrogens with zero attached hydrogens (tertiary/aromatic N) is 2. The summed E-state index contributed by atoms with van der Waals surface area (Å²) in [4.78, 5) is 26.9. The smallest absolute Gasteiger partial charge is 0.310 e. The Labute approximate surface area is 209 Å².